The van der Waals surface area contributed by atoms with Gasteiger partial charge in [0.05, 0.1) is 22.3 Å². The molecule has 0 spiro atoms. The van der Waals surface area contributed by atoms with Crippen molar-refractivity contribution in [1.82, 2.24) is 0 Å². The van der Waals surface area contributed by atoms with E-state index in [-0.39, 0.29) is 22.8 Å². The number of hydrogen-bond donors (Lipinski definition) is 2. The van der Waals surface area contributed by atoms with Crippen molar-refractivity contribution in [3.8, 4) is 23.0 Å². The number of ether oxygens (including phenoxy) is 2. The van der Waals surface area contributed by atoms with Crippen LogP contribution in [-0.4, -0.2) is 61.2 Å². The minimum Gasteiger partial charge on any atom is -0.504 e. The fourth-order valence-electron chi connectivity index (χ4n) is 5.17. The van der Waals surface area contributed by atoms with Crippen molar-refractivity contribution in [1.29, 1.82) is 0 Å². The molecule has 0 saturated heterocycles. The van der Waals surface area contributed by atoms with Gasteiger partial charge in [-0.2, -0.15) is 0 Å². The van der Waals surface area contributed by atoms with E-state index in [1.54, 1.807) is 26.4 Å². The van der Waals surface area contributed by atoms with E-state index in [4.69, 9.17) is 18.3 Å². The van der Waals surface area contributed by atoms with Crippen LogP contribution in [0.1, 0.15) is 44.7 Å². The summed E-state index contributed by atoms with van der Waals surface area (Å²) in [6.45, 7) is 18.6. The molecular formula is C31H53O6Si3. The topological polar surface area (TPSA) is 77.4 Å². The Bertz CT molecular complexity index is 1070. The lowest BCUT2D eigenvalue weighted by Crippen LogP contribution is -2.54. The fourth-order valence-corrected chi connectivity index (χ4v) is 12.8. The second-order valence-electron chi connectivity index (χ2n) is 12.8. The Morgan fingerprint density at radius 1 is 0.825 bits per heavy atom. The third kappa shape index (κ3) is 10.6. The molecule has 1 atom stereocenters. The molecule has 0 fully saturated rings. The van der Waals surface area contributed by atoms with Gasteiger partial charge in [-0.1, -0.05) is 37.7 Å². The van der Waals surface area contributed by atoms with Crippen LogP contribution in [-0.2, 0) is 21.7 Å². The van der Waals surface area contributed by atoms with Crippen LogP contribution < -0.4 is 9.47 Å². The highest BCUT2D eigenvalue weighted by Crippen LogP contribution is 2.33. The first kappa shape index (κ1) is 34.4. The highest BCUT2D eigenvalue weighted by atomic mass is 28.4. The zero-order chi connectivity index (χ0) is 30.1. The number of phenolic OH excluding ortho intramolecular Hbond substituents is 2. The third-order valence-electron chi connectivity index (χ3n) is 8.15. The van der Waals surface area contributed by atoms with Crippen molar-refractivity contribution in [2.75, 3.05) is 14.2 Å². The van der Waals surface area contributed by atoms with Crippen LogP contribution in [0.25, 0.3) is 0 Å². The second kappa shape index (κ2) is 14.9. The zero-order valence-electron chi connectivity index (χ0n) is 26.5. The summed E-state index contributed by atoms with van der Waals surface area (Å²) in [6.07, 6.45) is 4.27. The van der Waals surface area contributed by atoms with E-state index in [2.05, 4.69) is 53.5 Å². The highest BCUT2D eigenvalue weighted by molar-refractivity contribution is 6.80. The lowest BCUT2D eigenvalue weighted by Gasteiger charge is -2.42. The van der Waals surface area contributed by atoms with E-state index in [0.717, 1.165) is 37.8 Å². The number of hydrogen-bond acceptors (Lipinski definition) is 6. The van der Waals surface area contributed by atoms with Gasteiger partial charge < -0.3 is 28.5 Å². The molecule has 2 aromatic carbocycles. The predicted molar refractivity (Wildman–Crippen MR) is 173 cm³/mol. The summed E-state index contributed by atoms with van der Waals surface area (Å²) < 4.78 is 24.0. The number of benzene rings is 2. The first-order valence-corrected chi connectivity index (χ1v) is 22.9. The summed E-state index contributed by atoms with van der Waals surface area (Å²) in [7, 11) is -1.33. The highest BCUT2D eigenvalue weighted by Gasteiger charge is 2.41. The molecule has 6 nitrogen and oxygen atoms in total. The summed E-state index contributed by atoms with van der Waals surface area (Å²) in [5, 5.41) is 19.6. The molecule has 1 unspecified atom stereocenters. The molecule has 0 heterocycles. The first-order chi connectivity index (χ1) is 18.6. The van der Waals surface area contributed by atoms with Crippen molar-refractivity contribution in [3.05, 3.63) is 47.5 Å². The number of aryl methyl sites for hydroxylation is 2. The van der Waals surface area contributed by atoms with Crippen molar-refractivity contribution < 1.29 is 28.5 Å². The second-order valence-corrected chi connectivity index (χ2v) is 24.6. The third-order valence-corrected chi connectivity index (χ3v) is 17.9. The summed E-state index contributed by atoms with van der Waals surface area (Å²) in [5.74, 6) is 1.44. The van der Waals surface area contributed by atoms with Gasteiger partial charge in [-0.05, 0) is 107 Å². The van der Waals surface area contributed by atoms with Crippen LogP contribution in [0, 0.1) is 0 Å². The maximum absolute atomic E-state index is 9.86. The Labute approximate surface area is 246 Å². The monoisotopic (exact) mass is 605 g/mol. The molecule has 0 aromatic heterocycles. The zero-order valence-corrected chi connectivity index (χ0v) is 29.5. The smallest absolute Gasteiger partial charge is 0.211 e. The molecule has 1 radical (unpaired) electrons. The maximum atomic E-state index is 9.86. The Kier molecular flexibility index (Phi) is 12.8. The van der Waals surface area contributed by atoms with Crippen LogP contribution >= 0.6 is 0 Å². The van der Waals surface area contributed by atoms with E-state index in [1.807, 2.05) is 24.3 Å². The van der Waals surface area contributed by atoms with Gasteiger partial charge in [-0.15, -0.1) is 0 Å². The van der Waals surface area contributed by atoms with E-state index in [9.17, 15) is 10.2 Å². The summed E-state index contributed by atoms with van der Waals surface area (Å²) in [4.78, 5) is 0. The maximum Gasteiger partial charge on any atom is 0.211 e. The average Bonchev–Trinajstić information content (AvgIpc) is 2.84. The van der Waals surface area contributed by atoms with Gasteiger partial charge in [0.2, 0.25) is 9.04 Å². The van der Waals surface area contributed by atoms with Gasteiger partial charge in [0.25, 0.3) is 0 Å². The minimum atomic E-state index is -1.81. The van der Waals surface area contributed by atoms with Crippen molar-refractivity contribution in [2.45, 2.75) is 109 Å². The van der Waals surface area contributed by atoms with Gasteiger partial charge in [0.15, 0.2) is 31.3 Å². The molecule has 0 saturated carbocycles. The molecule has 225 valence electrons. The fraction of sp³-hybridized carbons (Fsp3) is 0.613. The molecule has 0 aliphatic rings. The van der Waals surface area contributed by atoms with Gasteiger partial charge in [0, 0.05) is 11.3 Å². The van der Waals surface area contributed by atoms with Crippen LogP contribution in [0.3, 0.4) is 0 Å². The molecule has 40 heavy (non-hydrogen) atoms. The van der Waals surface area contributed by atoms with Crippen molar-refractivity contribution in [3.63, 3.8) is 0 Å². The van der Waals surface area contributed by atoms with Crippen LogP contribution in [0.4, 0.5) is 0 Å². The number of rotatable bonds is 17. The molecule has 0 amide bonds. The molecule has 9 heteroatoms. The molecule has 2 N–H and O–H groups in total. The predicted octanol–water partition coefficient (Wildman–Crippen LogP) is 7.95. The summed E-state index contributed by atoms with van der Waals surface area (Å²) in [6, 6.07) is 14.5. The van der Waals surface area contributed by atoms with Crippen molar-refractivity contribution >= 4 is 25.4 Å². The number of methoxy groups -OCH3 is 2. The quantitative estimate of drug-likeness (QED) is 0.178. The van der Waals surface area contributed by atoms with Crippen LogP contribution in [0.15, 0.2) is 36.4 Å². The van der Waals surface area contributed by atoms with E-state index in [0.29, 0.717) is 11.5 Å². The van der Waals surface area contributed by atoms with Crippen molar-refractivity contribution in [2.24, 2.45) is 0 Å². The normalized spacial score (nSPS) is 13.5. The Morgan fingerprint density at radius 3 is 1.77 bits per heavy atom. The summed E-state index contributed by atoms with van der Waals surface area (Å²) in [5.41, 5.74) is 2.37. The molecule has 2 aromatic rings. The van der Waals surface area contributed by atoms with Crippen LogP contribution in [0.5, 0.6) is 23.0 Å². The van der Waals surface area contributed by atoms with Gasteiger partial charge in [-0.25, -0.2) is 0 Å². The molecule has 0 aliphatic carbocycles. The Morgan fingerprint density at radius 2 is 1.30 bits per heavy atom. The molecular weight excluding hydrogens is 553 g/mol. The first-order valence-electron chi connectivity index (χ1n) is 14.5. The van der Waals surface area contributed by atoms with Crippen LogP contribution in [0.2, 0.25) is 50.9 Å². The van der Waals surface area contributed by atoms with Gasteiger partial charge in [-0.3, -0.25) is 0 Å². The molecule has 0 bridgehead atoms. The van der Waals surface area contributed by atoms with E-state index < -0.39 is 25.4 Å². The Hall–Kier alpha value is -1.79. The van der Waals surface area contributed by atoms with Gasteiger partial charge in [0.1, 0.15) is 0 Å². The molecule has 0 aliphatic heterocycles. The number of aromatic hydroxyl groups is 2. The number of phenols is 2. The largest absolute Gasteiger partial charge is 0.504 e. The van der Waals surface area contributed by atoms with E-state index >= 15 is 0 Å². The minimum absolute atomic E-state index is 0.111. The van der Waals surface area contributed by atoms with Gasteiger partial charge >= 0.3 is 0 Å². The SMILES string of the molecule is COc1cc(CCC[Si](C)(C)OC(C)C[Si](C)OC(C)(C)[Si](C)(C)CCCc2ccc(O)c(OC)c2)ccc1O. The average molecular weight is 606 g/mol. The Balaban J connectivity index is 1.81. The lowest BCUT2D eigenvalue weighted by molar-refractivity contribution is 0.170. The summed E-state index contributed by atoms with van der Waals surface area (Å²) >= 11 is 0. The van der Waals surface area contributed by atoms with E-state index in [1.165, 1.54) is 17.2 Å². The molecule has 2 rings (SSSR count). The lowest BCUT2D eigenvalue weighted by atomic mass is 10.1. The standard InChI is InChI=1S/C31H53O6Si3/c1-24(36-40(9,10)20-12-14-26-16-18-28(33)30(22-26)35-5)23-38(6)37-31(2,3)39(7,8)19-11-13-25-15-17-27(32)29(21-25)34-4/h15-18,21-22,24,32-33H,11-14,19-20,23H2,1-10H3.